The molecule has 0 aromatic carbocycles. The van der Waals surface area contributed by atoms with Gasteiger partial charge in [-0.15, -0.1) is 0 Å². The third-order valence-corrected chi connectivity index (χ3v) is 4.60. The molecule has 0 aliphatic heterocycles. The first-order chi connectivity index (χ1) is 13.7. The van der Waals surface area contributed by atoms with Gasteiger partial charge in [0.2, 0.25) is 0 Å². The highest BCUT2D eigenvalue weighted by atomic mass is 16.6. The highest BCUT2D eigenvalue weighted by Crippen LogP contribution is 2.05. The summed E-state index contributed by atoms with van der Waals surface area (Å²) in [4.78, 5) is 23.1. The molecule has 0 heterocycles. The molecule has 0 radical (unpaired) electrons. The van der Waals surface area contributed by atoms with Crippen LogP contribution in [0.4, 0.5) is 9.59 Å². The summed E-state index contributed by atoms with van der Waals surface area (Å²) >= 11 is 0. The van der Waals surface area contributed by atoms with E-state index in [1.807, 2.05) is 0 Å². The first-order valence-corrected chi connectivity index (χ1v) is 11.5. The van der Waals surface area contributed by atoms with E-state index >= 15 is 0 Å². The summed E-state index contributed by atoms with van der Waals surface area (Å²) in [5.41, 5.74) is 0. The molecule has 6 nitrogen and oxygen atoms in total. The zero-order valence-corrected chi connectivity index (χ0v) is 18.4. The number of hydrogen-bond donors (Lipinski definition) is 2. The second kappa shape index (κ2) is 21.8. The maximum atomic E-state index is 11.5. The topological polar surface area (TPSA) is 76.7 Å². The Balaban J connectivity index is 3.28. The Labute approximate surface area is 172 Å². The summed E-state index contributed by atoms with van der Waals surface area (Å²) in [6, 6.07) is 0. The number of unbranched alkanes of at least 4 members (excludes halogenated alkanes) is 11. The Morgan fingerprint density at radius 3 is 1.29 bits per heavy atom. The summed E-state index contributed by atoms with van der Waals surface area (Å²) in [6.45, 7) is 6.50. The van der Waals surface area contributed by atoms with Gasteiger partial charge in [0.25, 0.3) is 0 Å². The maximum Gasteiger partial charge on any atom is 0.407 e. The molecule has 0 saturated carbocycles. The van der Waals surface area contributed by atoms with Crippen LogP contribution in [-0.4, -0.2) is 38.5 Å². The van der Waals surface area contributed by atoms with Crippen LogP contribution < -0.4 is 10.6 Å². The van der Waals surface area contributed by atoms with Gasteiger partial charge in [-0.25, -0.2) is 9.59 Å². The molecule has 0 bridgehead atoms. The lowest BCUT2D eigenvalue weighted by atomic mass is 10.1. The Kier molecular flexibility index (Phi) is 20.7. The smallest absolute Gasteiger partial charge is 0.407 e. The van der Waals surface area contributed by atoms with Crippen LogP contribution in [0.5, 0.6) is 0 Å². The van der Waals surface area contributed by atoms with Crippen molar-refractivity contribution in [3.05, 3.63) is 0 Å². The number of nitrogens with one attached hydrogen (secondary N) is 2. The van der Waals surface area contributed by atoms with Gasteiger partial charge in [-0.3, -0.25) is 0 Å². The van der Waals surface area contributed by atoms with Crippen molar-refractivity contribution in [2.75, 3.05) is 26.3 Å². The average molecular weight is 401 g/mol. The Morgan fingerprint density at radius 1 is 0.536 bits per heavy atom. The molecule has 6 heteroatoms. The van der Waals surface area contributed by atoms with Crippen LogP contribution in [0.3, 0.4) is 0 Å². The first-order valence-electron chi connectivity index (χ1n) is 11.5. The maximum absolute atomic E-state index is 11.5. The number of hydrogen-bond acceptors (Lipinski definition) is 4. The van der Waals surface area contributed by atoms with E-state index in [1.54, 1.807) is 0 Å². The van der Waals surface area contributed by atoms with E-state index in [2.05, 4.69) is 24.5 Å². The molecule has 0 fully saturated rings. The SMILES string of the molecule is CCCCCCCCOC(=O)NCCCCNC(=O)OCCCCCCCC. The van der Waals surface area contributed by atoms with Crippen LogP contribution >= 0.6 is 0 Å². The van der Waals surface area contributed by atoms with Crippen molar-refractivity contribution >= 4 is 12.2 Å². The van der Waals surface area contributed by atoms with Gasteiger partial charge in [-0.05, 0) is 25.7 Å². The van der Waals surface area contributed by atoms with E-state index in [4.69, 9.17) is 9.47 Å². The monoisotopic (exact) mass is 400 g/mol. The molecule has 0 atom stereocenters. The number of alkyl carbamates (subject to hydrolysis) is 2. The van der Waals surface area contributed by atoms with E-state index in [0.29, 0.717) is 26.3 Å². The Morgan fingerprint density at radius 2 is 0.893 bits per heavy atom. The Bertz CT molecular complexity index is 330. The molecule has 0 aromatic heterocycles. The van der Waals surface area contributed by atoms with Crippen molar-refractivity contribution in [1.29, 1.82) is 0 Å². The van der Waals surface area contributed by atoms with Crippen molar-refractivity contribution in [2.24, 2.45) is 0 Å². The van der Waals surface area contributed by atoms with Crippen molar-refractivity contribution in [3.8, 4) is 0 Å². The quantitative estimate of drug-likeness (QED) is 0.263. The van der Waals surface area contributed by atoms with E-state index in [1.165, 1.54) is 51.4 Å². The average Bonchev–Trinajstić information content (AvgIpc) is 2.69. The fourth-order valence-corrected chi connectivity index (χ4v) is 2.83. The third kappa shape index (κ3) is 20.8. The van der Waals surface area contributed by atoms with E-state index in [-0.39, 0.29) is 12.2 Å². The molecule has 2 N–H and O–H groups in total. The van der Waals surface area contributed by atoms with Crippen LogP contribution in [-0.2, 0) is 9.47 Å². The minimum absolute atomic E-state index is 0.347. The molecule has 0 unspecified atom stereocenters. The molecular formula is C22H44N2O4. The summed E-state index contributed by atoms with van der Waals surface area (Å²) in [6.07, 6.45) is 15.0. The largest absolute Gasteiger partial charge is 0.450 e. The summed E-state index contributed by atoms with van der Waals surface area (Å²) in [5, 5.41) is 5.48. The standard InChI is InChI=1S/C22H44N2O4/c1-3-5-7-9-11-15-19-27-21(25)23-17-13-14-18-24-22(26)28-20-16-12-10-8-6-4-2/h3-20H2,1-2H3,(H,23,25)(H,24,26). The number of amides is 2. The fraction of sp³-hybridized carbons (Fsp3) is 0.909. The molecule has 166 valence electrons. The highest BCUT2D eigenvalue weighted by molar-refractivity contribution is 5.67. The lowest BCUT2D eigenvalue weighted by Gasteiger charge is -2.08. The Hall–Kier alpha value is -1.46. The van der Waals surface area contributed by atoms with E-state index in [0.717, 1.165) is 38.5 Å². The van der Waals surface area contributed by atoms with Crippen LogP contribution in [0.15, 0.2) is 0 Å². The highest BCUT2D eigenvalue weighted by Gasteiger charge is 2.03. The van der Waals surface area contributed by atoms with Gasteiger partial charge in [0.15, 0.2) is 0 Å². The van der Waals surface area contributed by atoms with Crippen molar-refractivity contribution in [2.45, 2.75) is 104 Å². The minimum Gasteiger partial charge on any atom is -0.450 e. The molecule has 0 rings (SSSR count). The van der Waals surface area contributed by atoms with Crippen molar-refractivity contribution in [3.63, 3.8) is 0 Å². The fourth-order valence-electron chi connectivity index (χ4n) is 2.83. The van der Waals surface area contributed by atoms with Gasteiger partial charge in [0.1, 0.15) is 0 Å². The predicted octanol–water partition coefficient (Wildman–Crippen LogP) is 5.94. The summed E-state index contributed by atoms with van der Waals surface area (Å²) in [7, 11) is 0. The zero-order valence-electron chi connectivity index (χ0n) is 18.4. The second-order valence-electron chi connectivity index (χ2n) is 7.37. The minimum atomic E-state index is -0.347. The van der Waals surface area contributed by atoms with Gasteiger partial charge in [-0.1, -0.05) is 78.1 Å². The van der Waals surface area contributed by atoms with Crippen molar-refractivity contribution < 1.29 is 19.1 Å². The van der Waals surface area contributed by atoms with E-state index in [9.17, 15) is 9.59 Å². The number of ether oxygens (including phenoxy) is 2. The van der Waals surface area contributed by atoms with Gasteiger partial charge in [0.05, 0.1) is 13.2 Å². The predicted molar refractivity (Wildman–Crippen MR) is 115 cm³/mol. The number of rotatable bonds is 19. The third-order valence-electron chi connectivity index (χ3n) is 4.60. The summed E-state index contributed by atoms with van der Waals surface area (Å²) in [5.74, 6) is 0. The van der Waals surface area contributed by atoms with E-state index < -0.39 is 0 Å². The van der Waals surface area contributed by atoms with Crippen LogP contribution in [0.25, 0.3) is 0 Å². The lowest BCUT2D eigenvalue weighted by Crippen LogP contribution is -2.28. The van der Waals surface area contributed by atoms with Gasteiger partial charge < -0.3 is 20.1 Å². The van der Waals surface area contributed by atoms with Gasteiger partial charge >= 0.3 is 12.2 Å². The normalized spacial score (nSPS) is 10.5. The molecule has 0 aliphatic carbocycles. The first kappa shape index (κ1) is 26.5. The van der Waals surface area contributed by atoms with Crippen LogP contribution in [0.2, 0.25) is 0 Å². The lowest BCUT2D eigenvalue weighted by molar-refractivity contribution is 0.141. The molecule has 0 saturated heterocycles. The molecule has 0 aliphatic rings. The summed E-state index contributed by atoms with van der Waals surface area (Å²) < 4.78 is 10.3. The van der Waals surface area contributed by atoms with Crippen LogP contribution in [0, 0.1) is 0 Å². The van der Waals surface area contributed by atoms with Gasteiger partial charge in [-0.2, -0.15) is 0 Å². The molecule has 28 heavy (non-hydrogen) atoms. The van der Waals surface area contributed by atoms with Crippen molar-refractivity contribution in [1.82, 2.24) is 10.6 Å². The molecule has 2 amide bonds. The van der Waals surface area contributed by atoms with Crippen LogP contribution in [0.1, 0.15) is 104 Å². The van der Waals surface area contributed by atoms with Gasteiger partial charge in [0, 0.05) is 13.1 Å². The molecule has 0 aromatic rings. The second-order valence-corrected chi connectivity index (χ2v) is 7.37. The number of carbonyl (C=O) groups excluding carboxylic acids is 2. The molecule has 0 spiro atoms. The number of carbonyl (C=O) groups is 2. The zero-order chi connectivity index (χ0) is 20.7. The molecular weight excluding hydrogens is 356 g/mol.